The van der Waals surface area contributed by atoms with Crippen LogP contribution in [-0.2, 0) is 0 Å². The van der Waals surface area contributed by atoms with E-state index < -0.39 is 0 Å². The van der Waals surface area contributed by atoms with Gasteiger partial charge in [0, 0.05) is 11.8 Å². The molecule has 0 radical (unpaired) electrons. The summed E-state index contributed by atoms with van der Waals surface area (Å²) in [6, 6.07) is 5.59. The molecule has 2 rings (SSSR count). The van der Waals surface area contributed by atoms with Gasteiger partial charge in [-0.25, -0.2) is 0 Å². The number of pyridine rings is 1. The topological polar surface area (TPSA) is 54.1 Å². The third-order valence-corrected chi connectivity index (χ3v) is 2.48. The van der Waals surface area contributed by atoms with Crippen LogP contribution in [0.25, 0.3) is 5.52 Å². The van der Waals surface area contributed by atoms with Gasteiger partial charge < -0.3 is 9.61 Å². The van der Waals surface area contributed by atoms with Gasteiger partial charge in [0.25, 0.3) is 0 Å². The van der Waals surface area contributed by atoms with Gasteiger partial charge >= 0.3 is 0 Å². The molecule has 2 aromatic heterocycles. The molecule has 0 saturated heterocycles. The number of carbonyl (C=O) groups excluding carboxylic acids is 1. The summed E-state index contributed by atoms with van der Waals surface area (Å²) in [4.78, 5) is 10.9. The number of oxime groups is 1. The predicted octanol–water partition coefficient (Wildman–Crippen LogP) is 1.87. The minimum absolute atomic E-state index is 0.584. The van der Waals surface area contributed by atoms with Gasteiger partial charge in [0.15, 0.2) is 6.29 Å². The van der Waals surface area contributed by atoms with E-state index in [-0.39, 0.29) is 0 Å². The Balaban J connectivity index is 2.90. The van der Waals surface area contributed by atoms with Crippen LogP contribution in [0.2, 0.25) is 0 Å². The standard InChI is InChI=1S/C11H10N2O2/c1-8-9(6-12-15)10-4-2-3-5-13(10)11(8)7-14/h2-7,15H,1H3/b12-6+. The largest absolute Gasteiger partial charge is 0.411 e. The third-order valence-electron chi connectivity index (χ3n) is 2.48. The molecular formula is C11H10N2O2. The van der Waals surface area contributed by atoms with E-state index in [1.165, 1.54) is 6.21 Å². The van der Waals surface area contributed by atoms with E-state index in [0.717, 1.165) is 22.9 Å². The maximum Gasteiger partial charge on any atom is 0.167 e. The monoisotopic (exact) mass is 202 g/mol. The first-order valence-electron chi connectivity index (χ1n) is 4.52. The molecule has 76 valence electrons. The Morgan fingerprint density at radius 1 is 1.47 bits per heavy atom. The summed E-state index contributed by atoms with van der Waals surface area (Å²) in [5, 5.41) is 11.6. The molecular weight excluding hydrogens is 192 g/mol. The predicted molar refractivity (Wildman–Crippen MR) is 56.9 cm³/mol. The molecule has 0 aliphatic rings. The van der Waals surface area contributed by atoms with Crippen LogP contribution in [0.5, 0.6) is 0 Å². The number of carbonyl (C=O) groups is 1. The van der Waals surface area contributed by atoms with Gasteiger partial charge in [0.05, 0.1) is 17.4 Å². The van der Waals surface area contributed by atoms with E-state index in [1.807, 2.05) is 25.1 Å². The lowest BCUT2D eigenvalue weighted by Crippen LogP contribution is -1.90. The molecule has 15 heavy (non-hydrogen) atoms. The summed E-state index contributed by atoms with van der Waals surface area (Å²) in [6.45, 7) is 1.83. The van der Waals surface area contributed by atoms with Crippen LogP contribution >= 0.6 is 0 Å². The lowest BCUT2D eigenvalue weighted by molar-refractivity contribution is 0.111. The Labute approximate surface area is 86.4 Å². The number of fused-ring (bicyclic) bond motifs is 1. The summed E-state index contributed by atoms with van der Waals surface area (Å²) >= 11 is 0. The van der Waals surface area contributed by atoms with Gasteiger partial charge in [-0.3, -0.25) is 4.79 Å². The number of hydrogen-bond acceptors (Lipinski definition) is 3. The van der Waals surface area contributed by atoms with Gasteiger partial charge in [-0.1, -0.05) is 11.2 Å². The van der Waals surface area contributed by atoms with Gasteiger partial charge in [0.2, 0.25) is 0 Å². The van der Waals surface area contributed by atoms with Crippen LogP contribution in [0.1, 0.15) is 21.6 Å². The summed E-state index contributed by atoms with van der Waals surface area (Å²) in [5.74, 6) is 0. The minimum Gasteiger partial charge on any atom is -0.411 e. The quantitative estimate of drug-likeness (QED) is 0.350. The molecule has 0 amide bonds. The zero-order chi connectivity index (χ0) is 10.8. The fourth-order valence-electron chi connectivity index (χ4n) is 1.75. The van der Waals surface area contributed by atoms with E-state index in [4.69, 9.17) is 5.21 Å². The van der Waals surface area contributed by atoms with Crippen LogP contribution in [0.3, 0.4) is 0 Å². The summed E-state index contributed by atoms with van der Waals surface area (Å²) in [7, 11) is 0. The van der Waals surface area contributed by atoms with Crippen molar-refractivity contribution in [3.05, 3.63) is 41.2 Å². The summed E-state index contributed by atoms with van der Waals surface area (Å²) < 4.78 is 1.78. The zero-order valence-electron chi connectivity index (χ0n) is 8.21. The highest BCUT2D eigenvalue weighted by Crippen LogP contribution is 2.20. The molecule has 0 fully saturated rings. The Bertz CT molecular complexity index is 541. The molecule has 2 heterocycles. The number of aldehydes is 1. The highest BCUT2D eigenvalue weighted by molar-refractivity contribution is 5.96. The Kier molecular flexibility index (Phi) is 2.25. The molecule has 0 aromatic carbocycles. The summed E-state index contributed by atoms with van der Waals surface area (Å²) in [6.07, 6.45) is 3.95. The van der Waals surface area contributed by atoms with Crippen LogP contribution in [-0.4, -0.2) is 22.1 Å². The van der Waals surface area contributed by atoms with Crippen molar-refractivity contribution in [3.8, 4) is 0 Å². The molecule has 0 atom stereocenters. The van der Waals surface area contributed by atoms with Gasteiger partial charge in [-0.2, -0.15) is 0 Å². The smallest absolute Gasteiger partial charge is 0.167 e. The second kappa shape index (κ2) is 3.57. The van der Waals surface area contributed by atoms with Crippen molar-refractivity contribution in [3.63, 3.8) is 0 Å². The van der Waals surface area contributed by atoms with Crippen molar-refractivity contribution >= 4 is 18.0 Å². The van der Waals surface area contributed by atoms with Crippen molar-refractivity contribution in [2.45, 2.75) is 6.92 Å². The van der Waals surface area contributed by atoms with E-state index in [9.17, 15) is 4.79 Å². The van der Waals surface area contributed by atoms with Crippen molar-refractivity contribution in [1.29, 1.82) is 0 Å². The molecule has 2 aromatic rings. The van der Waals surface area contributed by atoms with Crippen LogP contribution in [0.15, 0.2) is 29.6 Å². The Morgan fingerprint density at radius 2 is 2.27 bits per heavy atom. The molecule has 0 bridgehead atoms. The molecule has 4 nitrogen and oxygen atoms in total. The number of rotatable bonds is 2. The molecule has 1 N–H and O–H groups in total. The Morgan fingerprint density at radius 3 is 2.93 bits per heavy atom. The number of nitrogens with zero attached hydrogens (tertiary/aromatic N) is 2. The number of aromatic nitrogens is 1. The normalized spacial score (nSPS) is 11.3. The van der Waals surface area contributed by atoms with Gasteiger partial charge in [-0.15, -0.1) is 0 Å². The van der Waals surface area contributed by atoms with E-state index in [0.29, 0.717) is 5.69 Å². The Hall–Kier alpha value is -2.10. The molecule has 0 aliphatic heterocycles. The first kappa shape index (κ1) is 9.45. The van der Waals surface area contributed by atoms with Gasteiger partial charge in [-0.05, 0) is 24.6 Å². The maximum atomic E-state index is 10.9. The number of hydrogen-bond donors (Lipinski definition) is 1. The average molecular weight is 202 g/mol. The zero-order valence-corrected chi connectivity index (χ0v) is 8.21. The fraction of sp³-hybridized carbons (Fsp3) is 0.0909. The SMILES string of the molecule is Cc1c(/C=N/O)c2ccccn2c1C=O. The third kappa shape index (κ3) is 1.30. The lowest BCUT2D eigenvalue weighted by Gasteiger charge is -1.94. The lowest BCUT2D eigenvalue weighted by atomic mass is 10.1. The summed E-state index contributed by atoms with van der Waals surface area (Å²) in [5.41, 5.74) is 3.02. The second-order valence-corrected chi connectivity index (χ2v) is 3.24. The molecule has 0 spiro atoms. The average Bonchev–Trinajstić information content (AvgIpc) is 2.53. The van der Waals surface area contributed by atoms with E-state index in [1.54, 1.807) is 10.6 Å². The minimum atomic E-state index is 0.584. The first-order valence-corrected chi connectivity index (χ1v) is 4.52. The second-order valence-electron chi connectivity index (χ2n) is 3.24. The van der Waals surface area contributed by atoms with E-state index in [2.05, 4.69) is 5.16 Å². The van der Waals surface area contributed by atoms with Crippen LogP contribution < -0.4 is 0 Å². The fourth-order valence-corrected chi connectivity index (χ4v) is 1.75. The van der Waals surface area contributed by atoms with E-state index >= 15 is 0 Å². The van der Waals surface area contributed by atoms with Crippen molar-refractivity contribution in [1.82, 2.24) is 4.40 Å². The van der Waals surface area contributed by atoms with Gasteiger partial charge in [0.1, 0.15) is 0 Å². The van der Waals surface area contributed by atoms with Crippen molar-refractivity contribution in [2.75, 3.05) is 0 Å². The highest BCUT2D eigenvalue weighted by Gasteiger charge is 2.11. The maximum absolute atomic E-state index is 10.9. The molecule has 4 heteroatoms. The van der Waals surface area contributed by atoms with Crippen LogP contribution in [0, 0.1) is 6.92 Å². The molecule has 0 unspecified atom stereocenters. The molecule has 0 aliphatic carbocycles. The first-order chi connectivity index (χ1) is 7.29. The van der Waals surface area contributed by atoms with Crippen molar-refractivity contribution < 1.29 is 10.0 Å². The van der Waals surface area contributed by atoms with Crippen LogP contribution in [0.4, 0.5) is 0 Å². The highest BCUT2D eigenvalue weighted by atomic mass is 16.4. The molecule has 0 saturated carbocycles. The van der Waals surface area contributed by atoms with Crippen molar-refractivity contribution in [2.24, 2.45) is 5.16 Å².